The first-order valence-corrected chi connectivity index (χ1v) is 6.67. The van der Waals surface area contributed by atoms with E-state index in [9.17, 15) is 0 Å². The van der Waals surface area contributed by atoms with Crippen molar-refractivity contribution in [1.29, 1.82) is 0 Å². The molecule has 18 heavy (non-hydrogen) atoms. The highest BCUT2D eigenvalue weighted by atomic mass is 15.2. The van der Waals surface area contributed by atoms with Gasteiger partial charge < -0.3 is 10.2 Å². The zero-order valence-corrected chi connectivity index (χ0v) is 10.8. The van der Waals surface area contributed by atoms with E-state index in [4.69, 9.17) is 4.98 Å². The van der Waals surface area contributed by atoms with Crippen molar-refractivity contribution in [1.82, 2.24) is 10.3 Å². The summed E-state index contributed by atoms with van der Waals surface area (Å²) < 4.78 is 0. The van der Waals surface area contributed by atoms with Crippen LogP contribution in [0.4, 0.5) is 5.82 Å². The Morgan fingerprint density at radius 3 is 3.00 bits per heavy atom. The molecule has 2 heterocycles. The third-order valence-electron chi connectivity index (χ3n) is 3.57. The molecule has 0 aliphatic carbocycles. The second kappa shape index (κ2) is 4.94. The fourth-order valence-electron chi connectivity index (χ4n) is 2.57. The van der Waals surface area contributed by atoms with Crippen LogP contribution < -0.4 is 10.2 Å². The Bertz CT molecular complexity index is 542. The van der Waals surface area contributed by atoms with E-state index in [2.05, 4.69) is 47.5 Å². The van der Waals surface area contributed by atoms with Crippen LogP contribution in [0.2, 0.25) is 0 Å². The normalized spacial score (nSPS) is 16.8. The Kier molecular flexibility index (Phi) is 3.15. The minimum absolute atomic E-state index is 1.05. The number of nitrogens with one attached hydrogen (secondary N) is 1. The summed E-state index contributed by atoms with van der Waals surface area (Å²) in [6.07, 6.45) is 1.19. The van der Waals surface area contributed by atoms with Crippen LogP contribution in [0.25, 0.3) is 10.9 Å². The van der Waals surface area contributed by atoms with E-state index in [1.807, 2.05) is 0 Å². The Hall–Kier alpha value is -1.61. The summed E-state index contributed by atoms with van der Waals surface area (Å²) >= 11 is 0. The molecule has 0 atom stereocenters. The predicted molar refractivity (Wildman–Crippen MR) is 76.2 cm³/mol. The molecule has 0 unspecified atom stereocenters. The number of fused-ring (bicyclic) bond motifs is 1. The van der Waals surface area contributed by atoms with Crippen LogP contribution in [-0.4, -0.2) is 31.2 Å². The molecule has 94 valence electrons. The average Bonchev–Trinajstić information content (AvgIpc) is 2.67. The van der Waals surface area contributed by atoms with E-state index in [0.29, 0.717) is 0 Å². The Balaban J connectivity index is 2.01. The molecule has 3 heteroatoms. The fraction of sp³-hybridized carbons (Fsp3) is 0.400. The maximum absolute atomic E-state index is 4.80. The lowest BCUT2D eigenvalue weighted by Crippen LogP contribution is -2.28. The first-order chi connectivity index (χ1) is 8.84. The highest BCUT2D eigenvalue weighted by Crippen LogP contribution is 2.22. The number of anilines is 1. The number of para-hydroxylation sites is 1. The summed E-state index contributed by atoms with van der Waals surface area (Å²) in [5, 5.41) is 4.69. The van der Waals surface area contributed by atoms with Gasteiger partial charge in [-0.1, -0.05) is 18.2 Å². The minimum atomic E-state index is 1.05. The highest BCUT2D eigenvalue weighted by molar-refractivity contribution is 5.83. The van der Waals surface area contributed by atoms with Gasteiger partial charge in [-0.3, -0.25) is 0 Å². The average molecular weight is 241 g/mol. The number of benzene rings is 1. The molecule has 0 radical (unpaired) electrons. The quantitative estimate of drug-likeness (QED) is 0.830. The molecular weight excluding hydrogens is 222 g/mol. The lowest BCUT2D eigenvalue weighted by molar-refractivity contribution is 0.724. The van der Waals surface area contributed by atoms with Crippen LogP contribution in [0.3, 0.4) is 0 Å². The molecule has 0 saturated carbocycles. The van der Waals surface area contributed by atoms with Crippen molar-refractivity contribution in [2.75, 3.05) is 31.1 Å². The molecule has 0 spiro atoms. The molecule has 1 fully saturated rings. The van der Waals surface area contributed by atoms with Gasteiger partial charge in [-0.2, -0.15) is 0 Å². The Morgan fingerprint density at radius 2 is 2.06 bits per heavy atom. The van der Waals surface area contributed by atoms with Crippen LogP contribution in [0.15, 0.2) is 30.3 Å². The fourth-order valence-corrected chi connectivity index (χ4v) is 2.57. The molecular formula is C15H19N3. The second-order valence-corrected chi connectivity index (χ2v) is 4.91. The highest BCUT2D eigenvalue weighted by Gasteiger charge is 2.12. The van der Waals surface area contributed by atoms with E-state index in [-0.39, 0.29) is 0 Å². The molecule has 1 aromatic carbocycles. The van der Waals surface area contributed by atoms with Gasteiger partial charge in [-0.25, -0.2) is 4.98 Å². The topological polar surface area (TPSA) is 28.2 Å². The van der Waals surface area contributed by atoms with Crippen molar-refractivity contribution < 1.29 is 0 Å². The van der Waals surface area contributed by atoms with E-state index in [1.165, 1.54) is 17.4 Å². The summed E-state index contributed by atoms with van der Waals surface area (Å²) in [4.78, 5) is 7.19. The number of aromatic nitrogens is 1. The summed E-state index contributed by atoms with van der Waals surface area (Å²) in [7, 11) is 0. The SMILES string of the molecule is Cc1cc(N2CCCNCC2)nc2ccccc12. The monoisotopic (exact) mass is 241 g/mol. The maximum atomic E-state index is 4.80. The van der Waals surface area contributed by atoms with Crippen LogP contribution in [-0.2, 0) is 0 Å². The number of aryl methyl sites for hydroxylation is 1. The van der Waals surface area contributed by atoms with Crippen LogP contribution in [0.1, 0.15) is 12.0 Å². The Labute approximate surface area is 108 Å². The molecule has 0 amide bonds. The second-order valence-electron chi connectivity index (χ2n) is 4.91. The van der Waals surface area contributed by atoms with Gasteiger partial charge in [0, 0.05) is 25.0 Å². The predicted octanol–water partition coefficient (Wildman–Crippen LogP) is 2.34. The van der Waals surface area contributed by atoms with Gasteiger partial charge in [0.1, 0.15) is 5.82 Å². The van der Waals surface area contributed by atoms with Crippen LogP contribution in [0.5, 0.6) is 0 Å². The molecule has 1 aliphatic heterocycles. The maximum Gasteiger partial charge on any atom is 0.129 e. The molecule has 1 aromatic heterocycles. The largest absolute Gasteiger partial charge is 0.355 e. The van der Waals surface area contributed by atoms with Gasteiger partial charge in [-0.15, -0.1) is 0 Å². The standard InChI is InChI=1S/C15H19N3/c1-12-11-15(18-9-4-7-16-8-10-18)17-14-6-3-2-5-13(12)14/h2-3,5-6,11,16H,4,7-10H2,1H3. The smallest absolute Gasteiger partial charge is 0.129 e. The number of pyridine rings is 1. The van der Waals surface area contributed by atoms with E-state index < -0.39 is 0 Å². The summed E-state index contributed by atoms with van der Waals surface area (Å²) in [6, 6.07) is 10.6. The summed E-state index contributed by atoms with van der Waals surface area (Å²) in [6.45, 7) is 6.47. The Morgan fingerprint density at radius 1 is 1.17 bits per heavy atom. The molecule has 2 aromatic rings. The minimum Gasteiger partial charge on any atom is -0.355 e. The van der Waals surface area contributed by atoms with Crippen LogP contribution >= 0.6 is 0 Å². The van der Waals surface area contributed by atoms with Gasteiger partial charge in [-0.05, 0) is 37.6 Å². The van der Waals surface area contributed by atoms with Crippen molar-refractivity contribution in [3.8, 4) is 0 Å². The summed E-state index contributed by atoms with van der Waals surface area (Å²) in [5.41, 5.74) is 2.41. The zero-order valence-electron chi connectivity index (χ0n) is 10.8. The number of hydrogen-bond acceptors (Lipinski definition) is 3. The number of rotatable bonds is 1. The summed E-state index contributed by atoms with van der Waals surface area (Å²) in [5.74, 6) is 1.12. The molecule has 3 rings (SSSR count). The van der Waals surface area contributed by atoms with E-state index in [1.54, 1.807) is 0 Å². The lowest BCUT2D eigenvalue weighted by Gasteiger charge is -2.22. The third kappa shape index (κ3) is 2.18. The van der Waals surface area contributed by atoms with Crippen molar-refractivity contribution >= 4 is 16.7 Å². The first kappa shape index (κ1) is 11.5. The van der Waals surface area contributed by atoms with Gasteiger partial charge in [0.2, 0.25) is 0 Å². The van der Waals surface area contributed by atoms with Crippen molar-refractivity contribution in [2.24, 2.45) is 0 Å². The molecule has 1 aliphatic rings. The number of nitrogens with zero attached hydrogens (tertiary/aromatic N) is 2. The van der Waals surface area contributed by atoms with E-state index in [0.717, 1.165) is 37.5 Å². The van der Waals surface area contributed by atoms with Gasteiger partial charge in [0.25, 0.3) is 0 Å². The van der Waals surface area contributed by atoms with Crippen molar-refractivity contribution in [3.05, 3.63) is 35.9 Å². The van der Waals surface area contributed by atoms with Crippen molar-refractivity contribution in [3.63, 3.8) is 0 Å². The van der Waals surface area contributed by atoms with Gasteiger partial charge in [0.15, 0.2) is 0 Å². The molecule has 3 nitrogen and oxygen atoms in total. The zero-order chi connectivity index (χ0) is 12.4. The first-order valence-electron chi connectivity index (χ1n) is 6.67. The van der Waals surface area contributed by atoms with Gasteiger partial charge >= 0.3 is 0 Å². The van der Waals surface area contributed by atoms with Crippen molar-refractivity contribution in [2.45, 2.75) is 13.3 Å². The van der Waals surface area contributed by atoms with Gasteiger partial charge in [0.05, 0.1) is 5.52 Å². The molecule has 0 bridgehead atoms. The van der Waals surface area contributed by atoms with E-state index >= 15 is 0 Å². The number of hydrogen-bond donors (Lipinski definition) is 1. The third-order valence-corrected chi connectivity index (χ3v) is 3.57. The molecule has 1 saturated heterocycles. The van der Waals surface area contributed by atoms with Crippen LogP contribution in [0, 0.1) is 6.92 Å². The molecule has 1 N–H and O–H groups in total. The lowest BCUT2D eigenvalue weighted by atomic mass is 10.1.